The molecule has 0 unspecified atom stereocenters. The minimum Gasteiger partial charge on any atom is -0.292 e. The average molecular weight is 638 g/mol. The van der Waals surface area contributed by atoms with Crippen molar-refractivity contribution in [2.24, 2.45) is 11.8 Å². The molecule has 2 bridgehead atoms. The van der Waals surface area contributed by atoms with Gasteiger partial charge < -0.3 is 0 Å². The average Bonchev–Trinajstić information content (AvgIpc) is 3.34. The van der Waals surface area contributed by atoms with E-state index >= 15 is 0 Å². The molecule has 3 atom stereocenters. The molecule has 3 amide bonds. The first-order valence-electron chi connectivity index (χ1n) is 14.7. The summed E-state index contributed by atoms with van der Waals surface area (Å²) in [6.45, 7) is 0. The second kappa shape index (κ2) is 11.3. The summed E-state index contributed by atoms with van der Waals surface area (Å²) in [5.41, 5.74) is 3.43. The van der Waals surface area contributed by atoms with Crippen molar-refractivity contribution < 1.29 is 28.5 Å². The van der Waals surface area contributed by atoms with Crippen LogP contribution in [0.15, 0.2) is 97.1 Å². The predicted molar refractivity (Wildman–Crippen MR) is 165 cm³/mol. The van der Waals surface area contributed by atoms with E-state index in [1.54, 1.807) is 0 Å². The Balaban J connectivity index is 1.37. The lowest BCUT2D eigenvalue weighted by Gasteiger charge is -2.45. The maximum Gasteiger partial charge on any atom is 0.273 e. The van der Waals surface area contributed by atoms with E-state index < -0.39 is 64.0 Å². The van der Waals surface area contributed by atoms with Crippen LogP contribution in [0.5, 0.6) is 0 Å². The SMILES string of the molecule is O=C(c1ccc(F)cc1)[C@H](CCCl)N(C(=O)c1ccc([N+](=O)[O-])cc1)N1C(=O)[C@@H]2C3c4ccccc4C(c4ccccc43)[C@H]2C1=O. The van der Waals surface area contributed by atoms with E-state index in [0.29, 0.717) is 0 Å². The molecule has 0 N–H and O–H groups in total. The van der Waals surface area contributed by atoms with Crippen molar-refractivity contribution in [3.05, 3.63) is 146 Å². The smallest absolute Gasteiger partial charge is 0.273 e. The first-order valence-corrected chi connectivity index (χ1v) is 15.3. The molecule has 8 rings (SSSR count). The number of ketones is 1. The zero-order valence-corrected chi connectivity index (χ0v) is 24.8. The molecule has 0 aromatic heterocycles. The van der Waals surface area contributed by atoms with E-state index in [1.165, 1.54) is 24.3 Å². The molecular formula is C35H25ClFN3O6. The van der Waals surface area contributed by atoms with Crippen molar-refractivity contribution in [1.29, 1.82) is 0 Å². The van der Waals surface area contributed by atoms with Crippen molar-refractivity contribution >= 4 is 40.8 Å². The number of imide groups is 1. The number of nitro groups is 1. The molecule has 4 aromatic carbocycles. The third-order valence-corrected chi connectivity index (χ3v) is 9.50. The number of carbonyl (C=O) groups is 4. The highest BCUT2D eigenvalue weighted by molar-refractivity contribution is 6.18. The van der Waals surface area contributed by atoms with Crippen LogP contribution >= 0.6 is 11.6 Å². The summed E-state index contributed by atoms with van der Waals surface area (Å²) in [5, 5.41) is 13.0. The molecule has 3 aliphatic carbocycles. The second-order valence-electron chi connectivity index (χ2n) is 11.6. The highest BCUT2D eigenvalue weighted by Gasteiger charge is 2.63. The van der Waals surface area contributed by atoms with Gasteiger partial charge in [0.2, 0.25) is 0 Å². The molecule has 4 aromatic rings. The van der Waals surface area contributed by atoms with Crippen LogP contribution in [0.25, 0.3) is 0 Å². The number of hydrazine groups is 1. The molecular weight excluding hydrogens is 613 g/mol. The van der Waals surface area contributed by atoms with Crippen LogP contribution in [0, 0.1) is 27.8 Å². The van der Waals surface area contributed by atoms with Crippen LogP contribution in [-0.4, -0.2) is 50.4 Å². The number of rotatable bonds is 8. The van der Waals surface area contributed by atoms with Gasteiger partial charge in [0.1, 0.15) is 11.9 Å². The molecule has 4 aliphatic rings. The maximum absolute atomic E-state index is 14.6. The normalized spacial score (nSPS) is 21.3. The van der Waals surface area contributed by atoms with Crippen LogP contribution < -0.4 is 0 Å². The minimum absolute atomic E-state index is 0.0504. The number of nitro benzene ring substituents is 1. The quantitative estimate of drug-likeness (QED) is 0.0785. The topological polar surface area (TPSA) is 118 Å². The van der Waals surface area contributed by atoms with E-state index in [4.69, 9.17) is 11.6 Å². The molecule has 1 aliphatic heterocycles. The minimum atomic E-state index is -1.43. The Hall–Kier alpha value is -5.22. The summed E-state index contributed by atoms with van der Waals surface area (Å²) in [4.78, 5) is 68.3. The summed E-state index contributed by atoms with van der Waals surface area (Å²) < 4.78 is 13.8. The van der Waals surface area contributed by atoms with Gasteiger partial charge >= 0.3 is 0 Å². The molecule has 230 valence electrons. The lowest BCUT2D eigenvalue weighted by Crippen LogP contribution is -2.57. The number of non-ortho nitro benzene ring substituents is 1. The van der Waals surface area contributed by atoms with E-state index in [-0.39, 0.29) is 29.1 Å². The summed E-state index contributed by atoms with van der Waals surface area (Å²) in [5.74, 6) is -6.09. The monoisotopic (exact) mass is 637 g/mol. The van der Waals surface area contributed by atoms with E-state index in [9.17, 15) is 33.7 Å². The first-order chi connectivity index (χ1) is 22.2. The Morgan fingerprint density at radius 2 is 1.24 bits per heavy atom. The summed E-state index contributed by atoms with van der Waals surface area (Å²) in [6, 6.07) is 23.3. The van der Waals surface area contributed by atoms with E-state index in [0.717, 1.165) is 56.5 Å². The molecule has 11 heteroatoms. The third-order valence-electron chi connectivity index (χ3n) is 9.28. The molecule has 1 heterocycles. The van der Waals surface area contributed by atoms with Gasteiger partial charge in [-0.15, -0.1) is 11.6 Å². The van der Waals surface area contributed by atoms with Crippen molar-refractivity contribution in [2.45, 2.75) is 24.3 Å². The number of amides is 3. The van der Waals surface area contributed by atoms with Gasteiger partial charge in [-0.2, -0.15) is 5.01 Å². The number of halogens is 2. The fraction of sp³-hybridized carbons (Fsp3) is 0.200. The van der Waals surface area contributed by atoms with Crippen molar-refractivity contribution in [3.63, 3.8) is 0 Å². The van der Waals surface area contributed by atoms with Gasteiger partial charge in [0.15, 0.2) is 5.78 Å². The lowest BCUT2D eigenvalue weighted by atomic mass is 9.55. The molecule has 1 fully saturated rings. The Morgan fingerprint density at radius 3 is 1.67 bits per heavy atom. The zero-order chi connectivity index (χ0) is 32.3. The molecule has 1 saturated heterocycles. The maximum atomic E-state index is 14.6. The number of hydrogen-bond donors (Lipinski definition) is 0. The van der Waals surface area contributed by atoms with Gasteiger partial charge in [-0.3, -0.25) is 29.3 Å². The van der Waals surface area contributed by atoms with Crippen LogP contribution in [0.3, 0.4) is 0 Å². The summed E-state index contributed by atoms with van der Waals surface area (Å²) in [7, 11) is 0. The summed E-state index contributed by atoms with van der Waals surface area (Å²) in [6.07, 6.45) is -0.143. The van der Waals surface area contributed by atoms with E-state index in [2.05, 4.69) is 0 Å². The Labute approximate surface area is 267 Å². The molecule has 0 radical (unpaired) electrons. The third kappa shape index (κ3) is 4.43. The Bertz CT molecular complexity index is 1820. The summed E-state index contributed by atoms with van der Waals surface area (Å²) >= 11 is 6.17. The lowest BCUT2D eigenvalue weighted by molar-refractivity contribution is -0.384. The van der Waals surface area contributed by atoms with Gasteiger partial charge in [-0.1, -0.05) is 48.5 Å². The molecule has 46 heavy (non-hydrogen) atoms. The van der Waals surface area contributed by atoms with Gasteiger partial charge in [-0.25, -0.2) is 9.40 Å². The van der Waals surface area contributed by atoms with E-state index in [1.807, 2.05) is 48.5 Å². The highest BCUT2D eigenvalue weighted by Crippen LogP contribution is 2.61. The van der Waals surface area contributed by atoms with Crippen molar-refractivity contribution in [3.8, 4) is 0 Å². The molecule has 0 spiro atoms. The standard InChI is InChI=1S/C35H25ClFN3O6/c36-18-17-27(32(41)19-9-13-21(37)14-10-19)38(33(42)20-11-15-22(16-12-20)40(45)46)39-34(43)30-28-23-5-1-2-6-24(23)29(31(30)35(39)44)26-8-4-3-7-25(26)28/h1-16,27-31H,17-18H2/t27-,28?,29?,30+,31+/m0/s1. The second-order valence-corrected chi connectivity index (χ2v) is 11.9. The van der Waals surface area contributed by atoms with Crippen LogP contribution in [0.2, 0.25) is 0 Å². The number of benzene rings is 4. The largest absolute Gasteiger partial charge is 0.292 e. The van der Waals surface area contributed by atoms with Crippen molar-refractivity contribution in [2.75, 3.05) is 5.88 Å². The number of alkyl halides is 1. The Morgan fingerprint density at radius 1 is 0.783 bits per heavy atom. The fourth-order valence-electron chi connectivity index (χ4n) is 7.38. The molecule has 0 saturated carbocycles. The van der Waals surface area contributed by atoms with Gasteiger partial charge in [0.25, 0.3) is 23.4 Å². The highest BCUT2D eigenvalue weighted by atomic mass is 35.5. The van der Waals surface area contributed by atoms with Gasteiger partial charge in [0, 0.05) is 41.0 Å². The number of carbonyl (C=O) groups excluding carboxylic acids is 4. The van der Waals surface area contributed by atoms with Crippen molar-refractivity contribution in [1.82, 2.24) is 10.0 Å². The first kappa shape index (κ1) is 29.5. The van der Waals surface area contributed by atoms with Gasteiger partial charge in [0.05, 0.1) is 16.8 Å². The number of nitrogens with zero attached hydrogens (tertiary/aromatic N) is 3. The van der Waals surface area contributed by atoms with Gasteiger partial charge in [-0.05, 0) is 65.1 Å². The predicted octanol–water partition coefficient (Wildman–Crippen LogP) is 5.86. The van der Waals surface area contributed by atoms with Crippen LogP contribution in [0.1, 0.15) is 61.2 Å². The molecule has 9 nitrogen and oxygen atoms in total. The zero-order valence-electron chi connectivity index (χ0n) is 24.1. The number of Topliss-reactive ketones (excluding diaryl/α,β-unsaturated/α-hetero) is 1. The number of hydrogen-bond acceptors (Lipinski definition) is 6. The van der Waals surface area contributed by atoms with Crippen LogP contribution in [-0.2, 0) is 9.59 Å². The Kier molecular flexibility index (Phi) is 7.24. The fourth-order valence-corrected chi connectivity index (χ4v) is 7.58. The van der Waals surface area contributed by atoms with Crippen LogP contribution in [0.4, 0.5) is 10.1 Å².